The van der Waals surface area contributed by atoms with Gasteiger partial charge < -0.3 is 14.7 Å². The number of carbonyl (C=O) groups is 2. The average Bonchev–Trinajstić information content (AvgIpc) is 2.87. The Hall–Kier alpha value is -1.40. The van der Waals surface area contributed by atoms with E-state index in [1.54, 1.807) is 12.1 Å². The van der Waals surface area contributed by atoms with Crippen LogP contribution in [0.4, 0.5) is 0 Å². The third kappa shape index (κ3) is 2.79. The predicted molar refractivity (Wildman–Crippen MR) is 72.9 cm³/mol. The Bertz CT molecular complexity index is 522. The first kappa shape index (κ1) is 14.0. The number of carboxylic acid groups (broad SMARTS) is 1. The van der Waals surface area contributed by atoms with Gasteiger partial charge in [0, 0.05) is 10.8 Å². The summed E-state index contributed by atoms with van der Waals surface area (Å²) in [6.07, 6.45) is 0. The minimum absolute atomic E-state index is 0.320. The van der Waals surface area contributed by atoms with Crippen molar-refractivity contribution in [1.82, 2.24) is 4.90 Å². The largest absolute Gasteiger partial charge is 0.496 e. The number of methoxy groups -OCH3 is 1. The topological polar surface area (TPSA) is 66.8 Å². The van der Waals surface area contributed by atoms with Crippen LogP contribution >= 0.6 is 23.4 Å². The molecule has 1 saturated heterocycles. The standard InChI is InChI=1S/C12H12ClNO4S/c1-18-10-4-7(13)2-3-8(10)11(15)14-6-19-5-9(14)12(16)17/h2-4,9H,5-6H2,1H3,(H,16,17). The summed E-state index contributed by atoms with van der Waals surface area (Å²) in [6.45, 7) is 0. The number of amides is 1. The number of halogens is 1. The molecule has 2 rings (SSSR count). The van der Waals surface area contributed by atoms with Crippen molar-refractivity contribution in [3.05, 3.63) is 28.8 Å². The van der Waals surface area contributed by atoms with Gasteiger partial charge in [-0.1, -0.05) is 11.6 Å². The van der Waals surface area contributed by atoms with Crippen molar-refractivity contribution >= 4 is 35.2 Å². The predicted octanol–water partition coefficient (Wildman–Crippen LogP) is 1.95. The van der Waals surface area contributed by atoms with Crippen molar-refractivity contribution < 1.29 is 19.4 Å². The van der Waals surface area contributed by atoms with E-state index in [1.807, 2.05) is 0 Å². The highest BCUT2D eigenvalue weighted by molar-refractivity contribution is 7.99. The highest BCUT2D eigenvalue weighted by atomic mass is 35.5. The van der Waals surface area contributed by atoms with Crippen LogP contribution in [0.15, 0.2) is 18.2 Å². The summed E-state index contributed by atoms with van der Waals surface area (Å²) < 4.78 is 5.12. The lowest BCUT2D eigenvalue weighted by atomic mass is 10.1. The Morgan fingerprint density at radius 3 is 2.89 bits per heavy atom. The number of hydrogen-bond donors (Lipinski definition) is 1. The van der Waals surface area contributed by atoms with Crippen molar-refractivity contribution in [2.45, 2.75) is 6.04 Å². The molecule has 1 aliphatic rings. The van der Waals surface area contributed by atoms with Crippen LogP contribution in [0, 0.1) is 0 Å². The zero-order valence-electron chi connectivity index (χ0n) is 10.1. The van der Waals surface area contributed by atoms with Crippen LogP contribution < -0.4 is 4.74 Å². The van der Waals surface area contributed by atoms with Gasteiger partial charge in [-0.3, -0.25) is 4.79 Å². The minimum atomic E-state index is -0.994. The first-order valence-electron chi connectivity index (χ1n) is 5.49. The Morgan fingerprint density at radius 1 is 1.53 bits per heavy atom. The maximum Gasteiger partial charge on any atom is 0.327 e. The highest BCUT2D eigenvalue weighted by Gasteiger charge is 2.35. The summed E-state index contributed by atoms with van der Waals surface area (Å²) in [6, 6.07) is 3.87. The molecule has 1 atom stereocenters. The summed E-state index contributed by atoms with van der Waals surface area (Å²) >= 11 is 7.25. The number of carboxylic acids is 1. The molecule has 1 aromatic carbocycles. The van der Waals surface area contributed by atoms with Gasteiger partial charge in [0.15, 0.2) is 0 Å². The molecule has 1 amide bonds. The molecule has 102 valence electrons. The Labute approximate surface area is 119 Å². The molecule has 0 aliphatic carbocycles. The van der Waals surface area contributed by atoms with Crippen LogP contribution in [0.25, 0.3) is 0 Å². The normalized spacial score (nSPS) is 18.4. The van der Waals surface area contributed by atoms with Crippen molar-refractivity contribution in [2.24, 2.45) is 0 Å². The fourth-order valence-corrected chi connectivity index (χ4v) is 3.15. The van der Waals surface area contributed by atoms with E-state index in [9.17, 15) is 9.59 Å². The summed E-state index contributed by atoms with van der Waals surface area (Å²) in [5.41, 5.74) is 0.320. The van der Waals surface area contributed by atoms with E-state index < -0.39 is 12.0 Å². The molecular formula is C12H12ClNO4S. The first-order chi connectivity index (χ1) is 9.04. The second kappa shape index (κ2) is 5.71. The number of hydrogen-bond acceptors (Lipinski definition) is 4. The van der Waals surface area contributed by atoms with E-state index in [2.05, 4.69) is 0 Å². The molecule has 1 aromatic rings. The quantitative estimate of drug-likeness (QED) is 0.924. The van der Waals surface area contributed by atoms with E-state index in [0.717, 1.165) is 0 Å². The van der Waals surface area contributed by atoms with Crippen LogP contribution in [0.2, 0.25) is 5.02 Å². The number of rotatable bonds is 3. The lowest BCUT2D eigenvalue weighted by molar-refractivity contribution is -0.140. The number of aliphatic carboxylic acids is 1. The number of ether oxygens (including phenoxy) is 1. The molecule has 1 unspecified atom stereocenters. The van der Waals surface area contributed by atoms with E-state index in [-0.39, 0.29) is 5.91 Å². The maximum absolute atomic E-state index is 12.4. The number of carbonyl (C=O) groups excluding carboxylic acids is 1. The zero-order chi connectivity index (χ0) is 14.0. The number of benzene rings is 1. The molecule has 0 spiro atoms. The second-order valence-electron chi connectivity index (χ2n) is 3.97. The molecule has 7 heteroatoms. The molecule has 19 heavy (non-hydrogen) atoms. The Morgan fingerprint density at radius 2 is 2.26 bits per heavy atom. The molecule has 0 radical (unpaired) electrons. The van der Waals surface area contributed by atoms with Crippen molar-refractivity contribution in [2.75, 3.05) is 18.7 Å². The van der Waals surface area contributed by atoms with Crippen LogP contribution in [-0.2, 0) is 4.79 Å². The summed E-state index contributed by atoms with van der Waals surface area (Å²) in [5, 5.41) is 9.55. The van der Waals surface area contributed by atoms with Crippen LogP contribution in [-0.4, -0.2) is 46.7 Å². The average molecular weight is 302 g/mol. The van der Waals surface area contributed by atoms with E-state index in [1.165, 1.54) is 29.8 Å². The highest BCUT2D eigenvalue weighted by Crippen LogP contribution is 2.28. The Balaban J connectivity index is 2.31. The summed E-state index contributed by atoms with van der Waals surface area (Å²) in [7, 11) is 1.44. The Kier molecular flexibility index (Phi) is 4.21. The third-order valence-electron chi connectivity index (χ3n) is 2.82. The van der Waals surface area contributed by atoms with Crippen molar-refractivity contribution in [3.8, 4) is 5.75 Å². The second-order valence-corrected chi connectivity index (χ2v) is 5.41. The van der Waals surface area contributed by atoms with Gasteiger partial charge in [0.1, 0.15) is 11.8 Å². The molecule has 1 aliphatic heterocycles. The molecule has 1 fully saturated rings. The van der Waals surface area contributed by atoms with Crippen LogP contribution in [0.5, 0.6) is 5.75 Å². The molecule has 0 saturated carbocycles. The van der Waals surface area contributed by atoms with Gasteiger partial charge in [-0.05, 0) is 18.2 Å². The van der Waals surface area contributed by atoms with E-state index in [4.69, 9.17) is 21.4 Å². The van der Waals surface area contributed by atoms with Gasteiger partial charge in [0.25, 0.3) is 5.91 Å². The number of nitrogens with zero attached hydrogens (tertiary/aromatic N) is 1. The van der Waals surface area contributed by atoms with Crippen LogP contribution in [0.1, 0.15) is 10.4 Å². The van der Waals surface area contributed by atoms with Gasteiger partial charge in [-0.15, -0.1) is 11.8 Å². The van der Waals surface area contributed by atoms with Crippen LogP contribution in [0.3, 0.4) is 0 Å². The lowest BCUT2D eigenvalue weighted by Gasteiger charge is -2.21. The van der Waals surface area contributed by atoms with E-state index in [0.29, 0.717) is 28.0 Å². The number of thioether (sulfide) groups is 1. The molecular weight excluding hydrogens is 290 g/mol. The minimum Gasteiger partial charge on any atom is -0.496 e. The van der Waals surface area contributed by atoms with Crippen molar-refractivity contribution in [3.63, 3.8) is 0 Å². The monoisotopic (exact) mass is 301 g/mol. The molecule has 1 N–H and O–H groups in total. The molecule has 5 nitrogen and oxygen atoms in total. The van der Waals surface area contributed by atoms with E-state index >= 15 is 0 Å². The van der Waals surface area contributed by atoms with Gasteiger partial charge in [0.2, 0.25) is 0 Å². The fraction of sp³-hybridized carbons (Fsp3) is 0.333. The summed E-state index contributed by atoms with van der Waals surface area (Å²) in [5.74, 6) is -0.241. The van der Waals surface area contributed by atoms with Gasteiger partial charge in [0.05, 0.1) is 18.6 Å². The fourth-order valence-electron chi connectivity index (χ4n) is 1.84. The van der Waals surface area contributed by atoms with Gasteiger partial charge in [-0.25, -0.2) is 4.79 Å². The third-order valence-corrected chi connectivity index (χ3v) is 4.07. The van der Waals surface area contributed by atoms with Gasteiger partial charge in [-0.2, -0.15) is 0 Å². The maximum atomic E-state index is 12.4. The molecule has 1 heterocycles. The van der Waals surface area contributed by atoms with Crippen molar-refractivity contribution in [1.29, 1.82) is 0 Å². The molecule has 0 bridgehead atoms. The molecule has 0 aromatic heterocycles. The smallest absolute Gasteiger partial charge is 0.327 e. The summed E-state index contributed by atoms with van der Waals surface area (Å²) in [4.78, 5) is 24.8. The SMILES string of the molecule is COc1cc(Cl)ccc1C(=O)N1CSCC1C(=O)O. The first-order valence-corrected chi connectivity index (χ1v) is 7.03. The van der Waals surface area contributed by atoms with Gasteiger partial charge >= 0.3 is 5.97 Å². The lowest BCUT2D eigenvalue weighted by Crippen LogP contribution is -2.41. The zero-order valence-corrected chi connectivity index (χ0v) is 11.7.